The number of rotatable bonds is 7. The number of amides is 1. The third kappa shape index (κ3) is 4.52. The predicted octanol–water partition coefficient (Wildman–Crippen LogP) is 2.26. The number of nitrogens with one attached hydrogen (secondary N) is 1. The van der Waals surface area contributed by atoms with E-state index in [1.165, 1.54) is 7.11 Å². The number of anilines is 2. The van der Waals surface area contributed by atoms with E-state index in [2.05, 4.69) is 25.7 Å². The molecule has 1 N–H and O–H groups in total. The lowest BCUT2D eigenvalue weighted by Crippen LogP contribution is -2.27. The van der Waals surface area contributed by atoms with Crippen LogP contribution in [0, 0.1) is 0 Å². The highest BCUT2D eigenvalue weighted by molar-refractivity contribution is 7.17. The Labute approximate surface area is 175 Å². The van der Waals surface area contributed by atoms with Crippen LogP contribution in [0.15, 0.2) is 48.7 Å². The molecule has 1 fully saturated rings. The van der Waals surface area contributed by atoms with Crippen molar-refractivity contribution in [3.05, 3.63) is 54.2 Å². The minimum atomic E-state index is -1.22. The first-order chi connectivity index (χ1) is 14.6. The summed E-state index contributed by atoms with van der Waals surface area (Å²) < 4.78 is 25.4. The molecule has 1 amide bonds. The van der Waals surface area contributed by atoms with Crippen LogP contribution in [-0.2, 0) is 9.53 Å². The summed E-state index contributed by atoms with van der Waals surface area (Å²) in [6.07, 6.45) is -1.17. The van der Waals surface area contributed by atoms with Crippen LogP contribution in [-0.4, -0.2) is 58.8 Å². The van der Waals surface area contributed by atoms with Crippen molar-refractivity contribution in [3.8, 4) is 5.19 Å². The lowest BCUT2D eigenvalue weighted by molar-refractivity contribution is -0.126. The molecule has 1 aliphatic heterocycles. The highest BCUT2D eigenvalue weighted by atomic mass is 32.1. The average Bonchev–Trinajstić information content (AvgIpc) is 3.36. The van der Waals surface area contributed by atoms with Gasteiger partial charge in [-0.25, -0.2) is 4.39 Å². The zero-order valence-corrected chi connectivity index (χ0v) is 16.8. The summed E-state index contributed by atoms with van der Waals surface area (Å²) in [5, 5.41) is 18.7. The topological polar surface area (TPSA) is 102 Å². The number of benzene rings is 1. The molecular formula is C19H19FN6O3S. The molecule has 30 heavy (non-hydrogen) atoms. The summed E-state index contributed by atoms with van der Waals surface area (Å²) in [6.45, 7) is 0.458. The molecule has 1 aliphatic rings. The normalized spacial score (nSPS) is 19.5. The molecule has 156 valence electrons. The number of aromatic nitrogens is 4. The molecular weight excluding hydrogens is 411 g/mol. The fraction of sp³-hybridized carbons (Fsp3) is 0.316. The smallest absolute Gasteiger partial charge is 0.296 e. The van der Waals surface area contributed by atoms with Gasteiger partial charge in [0.2, 0.25) is 5.13 Å². The maximum Gasteiger partial charge on any atom is 0.296 e. The zero-order valence-electron chi connectivity index (χ0n) is 16.0. The number of carbonyl (C=O) groups excluding carboxylic acids is 1. The van der Waals surface area contributed by atoms with Gasteiger partial charge in [-0.15, -0.1) is 10.2 Å². The van der Waals surface area contributed by atoms with Crippen LogP contribution < -0.4 is 15.0 Å². The number of alkyl halides is 1. The van der Waals surface area contributed by atoms with E-state index in [0.29, 0.717) is 17.9 Å². The van der Waals surface area contributed by atoms with Crippen LogP contribution in [0.3, 0.4) is 0 Å². The van der Waals surface area contributed by atoms with Gasteiger partial charge in [0, 0.05) is 13.3 Å². The molecule has 1 aromatic carbocycles. The molecule has 11 heteroatoms. The Bertz CT molecular complexity index is 977. The lowest BCUT2D eigenvalue weighted by Gasteiger charge is -2.15. The van der Waals surface area contributed by atoms with Gasteiger partial charge in [-0.2, -0.15) is 5.10 Å². The first kappa shape index (κ1) is 20.1. The van der Waals surface area contributed by atoms with Gasteiger partial charge in [0.1, 0.15) is 0 Å². The van der Waals surface area contributed by atoms with Gasteiger partial charge in [-0.1, -0.05) is 35.4 Å². The summed E-state index contributed by atoms with van der Waals surface area (Å²) in [7, 11) is 1.45. The largest absolute Gasteiger partial charge is 0.461 e. The third-order valence-corrected chi connectivity index (χ3v) is 5.28. The summed E-state index contributed by atoms with van der Waals surface area (Å²) in [4.78, 5) is 14.3. The van der Waals surface area contributed by atoms with Gasteiger partial charge in [0.25, 0.3) is 11.1 Å². The second kappa shape index (κ2) is 9.09. The second-order valence-corrected chi connectivity index (χ2v) is 7.49. The maximum atomic E-state index is 14.4. The minimum absolute atomic E-state index is 0.151. The number of hydrogen-bond acceptors (Lipinski definition) is 9. The minimum Gasteiger partial charge on any atom is -0.461 e. The fourth-order valence-electron chi connectivity index (χ4n) is 3.13. The van der Waals surface area contributed by atoms with Gasteiger partial charge in [-0.05, 0) is 29.0 Å². The lowest BCUT2D eigenvalue weighted by atomic mass is 10.1. The van der Waals surface area contributed by atoms with Gasteiger partial charge in [0.05, 0.1) is 13.1 Å². The molecule has 1 saturated heterocycles. The highest BCUT2D eigenvalue weighted by Gasteiger charge is 2.36. The van der Waals surface area contributed by atoms with E-state index in [0.717, 1.165) is 11.3 Å². The molecule has 9 nitrogen and oxygen atoms in total. The van der Waals surface area contributed by atoms with Crippen molar-refractivity contribution in [1.29, 1.82) is 0 Å². The van der Waals surface area contributed by atoms with Crippen molar-refractivity contribution >= 4 is 28.2 Å². The monoisotopic (exact) mass is 430 g/mol. The van der Waals surface area contributed by atoms with Gasteiger partial charge >= 0.3 is 0 Å². The fourth-order valence-corrected chi connectivity index (χ4v) is 3.78. The first-order valence-electron chi connectivity index (χ1n) is 9.19. The Morgan fingerprint density at radius 3 is 2.77 bits per heavy atom. The third-order valence-electron chi connectivity index (χ3n) is 4.55. The van der Waals surface area contributed by atoms with Crippen LogP contribution in [0.25, 0.3) is 0 Å². The molecule has 3 heterocycles. The van der Waals surface area contributed by atoms with E-state index in [1.54, 1.807) is 35.4 Å². The SMILES string of the molecule is COC(C(=O)Nc1nnc(OC2CN(c3cccnn3)CC2F)s1)c1ccccc1. The van der Waals surface area contributed by atoms with Crippen molar-refractivity contribution in [2.75, 3.05) is 30.4 Å². The van der Waals surface area contributed by atoms with Crippen LogP contribution >= 0.6 is 11.3 Å². The Kier molecular flexibility index (Phi) is 6.10. The quantitative estimate of drug-likeness (QED) is 0.609. The number of hydrogen-bond donors (Lipinski definition) is 1. The van der Waals surface area contributed by atoms with Crippen molar-refractivity contribution in [2.24, 2.45) is 0 Å². The molecule has 0 bridgehead atoms. The Balaban J connectivity index is 1.37. The number of ether oxygens (including phenoxy) is 2. The number of halogens is 1. The van der Waals surface area contributed by atoms with E-state index >= 15 is 0 Å². The molecule has 2 aromatic heterocycles. The van der Waals surface area contributed by atoms with Crippen molar-refractivity contribution in [1.82, 2.24) is 20.4 Å². The summed E-state index contributed by atoms with van der Waals surface area (Å²) in [6, 6.07) is 12.6. The van der Waals surface area contributed by atoms with Crippen LogP contribution in [0.5, 0.6) is 5.19 Å². The number of carbonyl (C=O) groups is 1. The second-order valence-electron chi connectivity index (χ2n) is 6.55. The molecule has 3 atom stereocenters. The Morgan fingerprint density at radius 1 is 1.20 bits per heavy atom. The van der Waals surface area contributed by atoms with E-state index in [4.69, 9.17) is 9.47 Å². The maximum absolute atomic E-state index is 14.4. The van der Waals surface area contributed by atoms with Crippen molar-refractivity contribution in [2.45, 2.75) is 18.4 Å². The number of nitrogens with zero attached hydrogens (tertiary/aromatic N) is 5. The van der Waals surface area contributed by atoms with Crippen LogP contribution in [0.2, 0.25) is 0 Å². The summed E-state index contributed by atoms with van der Waals surface area (Å²) in [5.41, 5.74) is 0.716. The van der Waals surface area contributed by atoms with Crippen LogP contribution in [0.4, 0.5) is 15.3 Å². The molecule has 3 unspecified atom stereocenters. The molecule has 0 spiro atoms. The highest BCUT2D eigenvalue weighted by Crippen LogP contribution is 2.29. The standard InChI is InChI=1S/C19H19FN6O3S/c1-28-16(12-6-3-2-4-7-12)17(27)22-18-24-25-19(30-18)29-14-11-26(10-13(14)20)15-8-5-9-21-23-15/h2-9,13-14,16H,10-11H2,1H3,(H,22,24,27). The van der Waals surface area contributed by atoms with E-state index in [-0.39, 0.29) is 22.8 Å². The van der Waals surface area contributed by atoms with E-state index < -0.39 is 18.4 Å². The first-order valence-corrected chi connectivity index (χ1v) is 10.0. The summed E-state index contributed by atoms with van der Waals surface area (Å²) in [5.74, 6) is 0.201. The molecule has 3 aromatic rings. The van der Waals surface area contributed by atoms with E-state index in [9.17, 15) is 9.18 Å². The molecule has 0 saturated carbocycles. The molecule has 0 radical (unpaired) electrons. The summed E-state index contributed by atoms with van der Waals surface area (Å²) >= 11 is 1.03. The van der Waals surface area contributed by atoms with Gasteiger partial charge in [-0.3, -0.25) is 10.1 Å². The van der Waals surface area contributed by atoms with Crippen molar-refractivity contribution < 1.29 is 18.7 Å². The molecule has 0 aliphatic carbocycles. The average molecular weight is 430 g/mol. The van der Waals surface area contributed by atoms with Gasteiger partial charge < -0.3 is 14.4 Å². The van der Waals surface area contributed by atoms with Gasteiger partial charge in [0.15, 0.2) is 24.2 Å². The van der Waals surface area contributed by atoms with Crippen molar-refractivity contribution in [3.63, 3.8) is 0 Å². The van der Waals surface area contributed by atoms with E-state index in [1.807, 2.05) is 18.2 Å². The van der Waals surface area contributed by atoms with Crippen LogP contribution in [0.1, 0.15) is 11.7 Å². The molecule has 4 rings (SSSR count). The zero-order chi connectivity index (χ0) is 20.9. The Hall–Kier alpha value is -3.18. The number of methoxy groups -OCH3 is 1. The predicted molar refractivity (Wildman–Crippen MR) is 108 cm³/mol. The Morgan fingerprint density at radius 2 is 2.03 bits per heavy atom.